The smallest absolute Gasteiger partial charge is 0.143 e. The molecule has 4 heterocycles. The molecule has 8 aliphatic rings. The molecule has 224 valence electrons. The van der Waals surface area contributed by atoms with Crippen LogP contribution >= 0.6 is 0 Å². The molecule has 11 unspecified atom stereocenters. The van der Waals surface area contributed by atoms with Crippen LogP contribution in [0.3, 0.4) is 0 Å². The highest BCUT2D eigenvalue weighted by atomic mass is 16.1. The normalized spacial score (nSPS) is 42.7. The number of nitrogens with zero attached hydrogens (tertiary/aromatic N) is 3. The van der Waals surface area contributed by atoms with Crippen LogP contribution in [0.1, 0.15) is 106 Å². The molecule has 4 saturated carbocycles. The monoisotopic (exact) mass is 573 g/mol. The summed E-state index contributed by atoms with van der Waals surface area (Å²) in [4.78, 5) is 23.7. The predicted molar refractivity (Wildman–Crippen MR) is 169 cm³/mol. The summed E-state index contributed by atoms with van der Waals surface area (Å²) < 4.78 is 0. The summed E-state index contributed by atoms with van der Waals surface area (Å²) in [7, 11) is 0. The molecule has 4 aliphatic heterocycles. The number of benzene rings is 2. The lowest BCUT2D eigenvalue weighted by molar-refractivity contribution is -0.149. The first kappa shape index (κ1) is 25.6. The fraction of sp³-hybridized carbons (Fsp3) is 0.615. The quantitative estimate of drug-likeness (QED) is 0.373. The van der Waals surface area contributed by atoms with Crippen molar-refractivity contribution >= 4 is 5.78 Å². The zero-order valence-corrected chi connectivity index (χ0v) is 25.6. The lowest BCUT2D eigenvalue weighted by Gasteiger charge is -2.63. The molecule has 0 N–H and O–H groups in total. The molecule has 0 aromatic heterocycles. The Morgan fingerprint density at radius 3 is 1.81 bits per heavy atom. The van der Waals surface area contributed by atoms with Crippen molar-refractivity contribution in [1.82, 2.24) is 14.7 Å². The van der Waals surface area contributed by atoms with Crippen LogP contribution < -0.4 is 0 Å². The second kappa shape index (κ2) is 9.62. The second-order valence-electron chi connectivity index (χ2n) is 15.5. The summed E-state index contributed by atoms with van der Waals surface area (Å²) in [5, 5.41) is 0. The van der Waals surface area contributed by atoms with E-state index in [1.54, 1.807) is 17.1 Å². The first-order valence-corrected chi connectivity index (χ1v) is 18.0. The van der Waals surface area contributed by atoms with E-state index in [0.717, 1.165) is 12.8 Å². The molecule has 2 aromatic carbocycles. The van der Waals surface area contributed by atoms with Crippen LogP contribution in [-0.2, 0) is 4.79 Å². The lowest BCUT2D eigenvalue weighted by atomic mass is 9.61. The van der Waals surface area contributed by atoms with Crippen molar-refractivity contribution in [2.24, 2.45) is 17.8 Å². The Balaban J connectivity index is 1.12. The van der Waals surface area contributed by atoms with Crippen molar-refractivity contribution in [3.63, 3.8) is 0 Å². The van der Waals surface area contributed by atoms with Gasteiger partial charge in [-0.25, -0.2) is 0 Å². The molecule has 4 aliphatic carbocycles. The largest absolute Gasteiger partial charge is 0.362 e. The molecule has 43 heavy (non-hydrogen) atoms. The highest BCUT2D eigenvalue weighted by Crippen LogP contribution is 2.62. The fourth-order valence-corrected chi connectivity index (χ4v) is 12.3. The van der Waals surface area contributed by atoms with Gasteiger partial charge >= 0.3 is 0 Å². The van der Waals surface area contributed by atoms with Crippen molar-refractivity contribution in [3.8, 4) is 0 Å². The first-order valence-electron chi connectivity index (χ1n) is 18.0. The molecule has 0 spiro atoms. The predicted octanol–water partition coefficient (Wildman–Crippen LogP) is 7.44. The molecule has 0 amide bonds. The minimum absolute atomic E-state index is 0.188. The fourth-order valence-electron chi connectivity index (χ4n) is 12.3. The summed E-state index contributed by atoms with van der Waals surface area (Å²) in [5.41, 5.74) is 4.75. The Labute approximate surface area is 257 Å². The van der Waals surface area contributed by atoms with Crippen LogP contribution in [0.15, 0.2) is 72.2 Å². The maximum Gasteiger partial charge on any atom is 0.143 e. The molecule has 0 radical (unpaired) electrons. The minimum atomic E-state index is 0.188. The standard InChI is InChI=1S/C39H47N3O/c43-38-29-15-7-8-16-31(29)42-36-30(38)21-27(25-13-5-2-6-14-25)23-35(36)41-33-18-10-9-17-32(33)40-34-22-26(24-11-3-1-4-12-24)19-20-28(34)37(42)39(40)41/h1-6,11-14,26-36H,7-10,15-23H2. The molecule has 6 fully saturated rings. The summed E-state index contributed by atoms with van der Waals surface area (Å²) >= 11 is 0. The zero-order valence-electron chi connectivity index (χ0n) is 25.6. The van der Waals surface area contributed by atoms with Crippen LogP contribution in [-0.4, -0.2) is 56.7 Å². The Kier molecular flexibility index (Phi) is 5.72. The molecule has 0 bridgehead atoms. The van der Waals surface area contributed by atoms with Crippen molar-refractivity contribution in [3.05, 3.63) is 83.3 Å². The van der Waals surface area contributed by atoms with E-state index < -0.39 is 0 Å². The summed E-state index contributed by atoms with van der Waals surface area (Å²) in [6.45, 7) is 0. The third-order valence-corrected chi connectivity index (χ3v) is 13.8. The van der Waals surface area contributed by atoms with E-state index in [1.807, 2.05) is 0 Å². The third kappa shape index (κ3) is 3.53. The number of piperidine rings is 1. The first-order chi connectivity index (χ1) is 21.3. The number of rotatable bonds is 2. The van der Waals surface area contributed by atoms with Gasteiger partial charge in [-0.2, -0.15) is 0 Å². The van der Waals surface area contributed by atoms with E-state index in [9.17, 15) is 4.79 Å². The number of hydrogen-bond acceptors (Lipinski definition) is 4. The molecule has 2 saturated heterocycles. The molecule has 2 aromatic rings. The van der Waals surface area contributed by atoms with Gasteiger partial charge in [0.15, 0.2) is 0 Å². The Morgan fingerprint density at radius 1 is 0.488 bits per heavy atom. The van der Waals surface area contributed by atoms with E-state index in [0.29, 0.717) is 59.8 Å². The molecule has 10 rings (SSSR count). The lowest BCUT2D eigenvalue weighted by Crippen LogP contribution is -2.71. The molecular weight excluding hydrogens is 526 g/mol. The number of carbonyl (C=O) groups excluding carboxylic acids is 1. The highest BCUT2D eigenvalue weighted by Gasteiger charge is 2.66. The van der Waals surface area contributed by atoms with Crippen LogP contribution in [0.2, 0.25) is 0 Å². The van der Waals surface area contributed by atoms with Gasteiger partial charge in [-0.1, -0.05) is 86.3 Å². The van der Waals surface area contributed by atoms with Gasteiger partial charge in [0.1, 0.15) is 11.6 Å². The minimum Gasteiger partial charge on any atom is -0.362 e. The Bertz CT molecular complexity index is 1440. The second-order valence-corrected chi connectivity index (χ2v) is 15.5. The summed E-state index contributed by atoms with van der Waals surface area (Å²) in [5.74, 6) is 4.57. The van der Waals surface area contributed by atoms with Crippen molar-refractivity contribution < 1.29 is 4.79 Å². The van der Waals surface area contributed by atoms with Gasteiger partial charge < -0.3 is 14.7 Å². The highest BCUT2D eigenvalue weighted by molar-refractivity contribution is 5.86. The van der Waals surface area contributed by atoms with Gasteiger partial charge in [0.2, 0.25) is 0 Å². The van der Waals surface area contributed by atoms with Crippen molar-refractivity contribution in [1.29, 1.82) is 0 Å². The Hall–Kier alpha value is -2.75. The van der Waals surface area contributed by atoms with E-state index in [1.165, 1.54) is 76.2 Å². The van der Waals surface area contributed by atoms with Gasteiger partial charge in [0.05, 0.1) is 29.9 Å². The molecule has 4 heteroatoms. The van der Waals surface area contributed by atoms with E-state index in [4.69, 9.17) is 0 Å². The average Bonchev–Trinajstić information content (AvgIpc) is 3.59. The number of carbonyl (C=O) groups is 1. The van der Waals surface area contributed by atoms with Gasteiger partial charge in [0.25, 0.3) is 0 Å². The SMILES string of the molecule is O=C1C2CCCCC2N2C3=C4N(C5CC(c6ccccc6)CCC35)C3CCCCC3N4C3CC(c4ccccc4)CC1C32. The molecule has 4 nitrogen and oxygen atoms in total. The van der Waals surface area contributed by atoms with Crippen molar-refractivity contribution in [2.45, 2.75) is 132 Å². The third-order valence-electron chi connectivity index (χ3n) is 13.8. The summed E-state index contributed by atoms with van der Waals surface area (Å²) in [6.07, 6.45) is 16.5. The number of fused-ring (bicyclic) bond motifs is 10. The zero-order chi connectivity index (χ0) is 28.2. The van der Waals surface area contributed by atoms with Gasteiger partial charge in [-0.15, -0.1) is 0 Å². The van der Waals surface area contributed by atoms with Crippen molar-refractivity contribution in [2.75, 3.05) is 0 Å². The number of hydrogen-bond donors (Lipinski definition) is 0. The van der Waals surface area contributed by atoms with E-state index in [2.05, 4.69) is 75.4 Å². The van der Waals surface area contributed by atoms with E-state index in [-0.39, 0.29) is 11.8 Å². The van der Waals surface area contributed by atoms with E-state index >= 15 is 0 Å². The maximum atomic E-state index is 14.6. The number of Topliss-reactive ketones (excluding diaryl/α,β-unsaturated/α-hetero) is 1. The molecular formula is C39H47N3O. The topological polar surface area (TPSA) is 26.8 Å². The van der Waals surface area contributed by atoms with Crippen LogP contribution in [0, 0.1) is 17.8 Å². The van der Waals surface area contributed by atoms with Gasteiger partial charge in [-0.3, -0.25) is 4.79 Å². The molecule has 11 atom stereocenters. The van der Waals surface area contributed by atoms with Crippen LogP contribution in [0.4, 0.5) is 0 Å². The van der Waals surface area contributed by atoms with Gasteiger partial charge in [0, 0.05) is 29.8 Å². The van der Waals surface area contributed by atoms with Crippen LogP contribution in [0.5, 0.6) is 0 Å². The maximum absolute atomic E-state index is 14.6. The summed E-state index contributed by atoms with van der Waals surface area (Å²) in [6, 6.07) is 26.0. The average molecular weight is 574 g/mol. The number of ketones is 1. The van der Waals surface area contributed by atoms with Gasteiger partial charge in [-0.05, 0) is 80.8 Å². The van der Waals surface area contributed by atoms with Crippen LogP contribution in [0.25, 0.3) is 0 Å². The Morgan fingerprint density at radius 2 is 1.09 bits per heavy atom.